The molecule has 0 saturated carbocycles. The van der Waals surface area contributed by atoms with Gasteiger partial charge in [-0.25, -0.2) is 4.98 Å². The summed E-state index contributed by atoms with van der Waals surface area (Å²) in [6, 6.07) is 0.0908. The fraction of sp³-hybridized carbons (Fsp3) is 0.500. The Hall–Kier alpha value is -3.47. The number of nitrogens with one attached hydrogen (secondary N) is 2. The molecule has 0 unspecified atom stereocenters. The van der Waals surface area contributed by atoms with Crippen molar-refractivity contribution in [3.63, 3.8) is 0 Å². The summed E-state index contributed by atoms with van der Waals surface area (Å²) in [5.41, 5.74) is 6.47. The number of likely N-dealkylation sites (tertiary alicyclic amines) is 1. The van der Waals surface area contributed by atoms with E-state index in [1.807, 2.05) is 10.9 Å². The van der Waals surface area contributed by atoms with E-state index >= 15 is 0 Å². The van der Waals surface area contributed by atoms with Gasteiger partial charge in [0.15, 0.2) is 0 Å². The van der Waals surface area contributed by atoms with E-state index in [1.54, 1.807) is 11.1 Å². The predicted octanol–water partition coefficient (Wildman–Crippen LogP) is 1.70. The van der Waals surface area contributed by atoms with Crippen LogP contribution in [0.4, 0.5) is 17.5 Å². The van der Waals surface area contributed by atoms with Crippen LogP contribution in [0.3, 0.4) is 0 Å². The highest BCUT2D eigenvalue weighted by atomic mass is 16.5. The standard InChI is InChI=1S/C22H30N8O3/c1-2-19(31)29-7-3-4-17(14-29)30-13-16(11-26-30)27-22-25-12-18(20(23)32)21(28-22)24-10-15-5-8-33-9-6-15/h2,11-13,15,17H,1,3-10,14H2,(H2,23,32)(H2,24,25,27,28)/t17-/m0/s1. The number of carbonyl (C=O) groups excluding carboxylic acids is 2. The number of ether oxygens (including phenoxy) is 1. The summed E-state index contributed by atoms with van der Waals surface area (Å²) in [7, 11) is 0. The monoisotopic (exact) mass is 454 g/mol. The normalized spacial score (nSPS) is 19.2. The van der Waals surface area contributed by atoms with E-state index in [-0.39, 0.29) is 17.5 Å². The Bertz CT molecular complexity index is 1000. The topological polar surface area (TPSA) is 140 Å². The van der Waals surface area contributed by atoms with Crippen molar-refractivity contribution in [2.45, 2.75) is 31.7 Å². The van der Waals surface area contributed by atoms with Gasteiger partial charge in [0, 0.05) is 45.2 Å². The number of rotatable bonds is 8. The van der Waals surface area contributed by atoms with E-state index in [9.17, 15) is 9.59 Å². The first kappa shape index (κ1) is 22.7. The molecule has 2 aliphatic heterocycles. The minimum absolute atomic E-state index is 0.0612. The second-order valence-corrected chi connectivity index (χ2v) is 8.38. The Morgan fingerprint density at radius 2 is 2.09 bits per heavy atom. The zero-order valence-electron chi connectivity index (χ0n) is 18.6. The molecule has 2 aromatic heterocycles. The van der Waals surface area contributed by atoms with Crippen LogP contribution in [0.25, 0.3) is 0 Å². The zero-order chi connectivity index (χ0) is 23.2. The molecule has 0 radical (unpaired) electrons. The van der Waals surface area contributed by atoms with Crippen LogP contribution in [-0.4, -0.2) is 69.3 Å². The van der Waals surface area contributed by atoms with Gasteiger partial charge >= 0.3 is 0 Å². The summed E-state index contributed by atoms with van der Waals surface area (Å²) in [6.07, 6.45) is 10.1. The van der Waals surface area contributed by atoms with Crippen molar-refractivity contribution in [3.8, 4) is 0 Å². The van der Waals surface area contributed by atoms with Gasteiger partial charge in [0.1, 0.15) is 5.82 Å². The fourth-order valence-corrected chi connectivity index (χ4v) is 4.18. The average Bonchev–Trinajstić information content (AvgIpc) is 3.31. The molecule has 11 heteroatoms. The average molecular weight is 455 g/mol. The summed E-state index contributed by atoms with van der Waals surface area (Å²) in [5, 5.41) is 10.8. The van der Waals surface area contributed by atoms with E-state index < -0.39 is 5.91 Å². The molecule has 2 aliphatic rings. The van der Waals surface area contributed by atoms with E-state index in [0.29, 0.717) is 36.5 Å². The maximum atomic E-state index is 12.0. The maximum absolute atomic E-state index is 12.0. The molecule has 2 saturated heterocycles. The Balaban J connectivity index is 1.43. The number of aromatic nitrogens is 4. The second kappa shape index (κ2) is 10.4. The number of carbonyl (C=O) groups is 2. The van der Waals surface area contributed by atoms with Crippen LogP contribution < -0.4 is 16.4 Å². The van der Waals surface area contributed by atoms with Crippen LogP contribution in [-0.2, 0) is 9.53 Å². The van der Waals surface area contributed by atoms with Crippen molar-refractivity contribution in [3.05, 3.63) is 36.8 Å². The molecule has 0 bridgehead atoms. The molecule has 0 spiro atoms. The third kappa shape index (κ3) is 5.67. The quantitative estimate of drug-likeness (QED) is 0.512. The number of hydrogen-bond acceptors (Lipinski definition) is 8. The van der Waals surface area contributed by atoms with E-state index in [2.05, 4.69) is 32.3 Å². The van der Waals surface area contributed by atoms with Crippen molar-refractivity contribution < 1.29 is 14.3 Å². The summed E-state index contributed by atoms with van der Waals surface area (Å²) in [4.78, 5) is 34.3. The third-order valence-electron chi connectivity index (χ3n) is 6.07. The number of nitrogens with two attached hydrogens (primary N) is 1. The summed E-state index contributed by atoms with van der Waals surface area (Å²) in [5.74, 6) is 0.548. The van der Waals surface area contributed by atoms with Crippen molar-refractivity contribution in [1.82, 2.24) is 24.6 Å². The summed E-state index contributed by atoms with van der Waals surface area (Å²) < 4.78 is 7.25. The molecule has 4 rings (SSSR count). The van der Waals surface area contributed by atoms with Gasteiger partial charge in [-0.1, -0.05) is 6.58 Å². The second-order valence-electron chi connectivity index (χ2n) is 8.38. The first-order chi connectivity index (χ1) is 16.0. The number of primary amides is 1. The van der Waals surface area contributed by atoms with Gasteiger partial charge in [0.05, 0.1) is 23.5 Å². The van der Waals surface area contributed by atoms with Crippen LogP contribution >= 0.6 is 0 Å². The summed E-state index contributed by atoms with van der Waals surface area (Å²) >= 11 is 0. The first-order valence-electron chi connectivity index (χ1n) is 11.2. The Labute approximate surface area is 192 Å². The number of hydrogen-bond donors (Lipinski definition) is 3. The van der Waals surface area contributed by atoms with Crippen LogP contribution in [0.2, 0.25) is 0 Å². The molecule has 2 amide bonds. The van der Waals surface area contributed by atoms with Gasteiger partial charge in [-0.2, -0.15) is 10.1 Å². The lowest BCUT2D eigenvalue weighted by atomic mass is 10.0. The number of piperidine rings is 1. The Kier molecular flexibility index (Phi) is 7.18. The minimum atomic E-state index is -0.584. The van der Waals surface area contributed by atoms with Gasteiger partial charge in [-0.15, -0.1) is 0 Å². The maximum Gasteiger partial charge on any atom is 0.254 e. The SMILES string of the molecule is C=CC(=O)N1CCC[C@H](n2cc(Nc3ncc(C(N)=O)c(NCC4CCOCC4)n3)cn2)C1. The molecule has 0 aromatic carbocycles. The van der Waals surface area contributed by atoms with Crippen molar-refractivity contribution in [2.24, 2.45) is 11.7 Å². The molecule has 1 atom stereocenters. The predicted molar refractivity (Wildman–Crippen MR) is 123 cm³/mol. The smallest absolute Gasteiger partial charge is 0.254 e. The van der Waals surface area contributed by atoms with Gasteiger partial charge < -0.3 is 26.0 Å². The molecule has 176 valence electrons. The molecule has 11 nitrogen and oxygen atoms in total. The largest absolute Gasteiger partial charge is 0.381 e. The van der Waals surface area contributed by atoms with Crippen molar-refractivity contribution in [2.75, 3.05) is 43.5 Å². The van der Waals surface area contributed by atoms with Crippen LogP contribution in [0, 0.1) is 5.92 Å². The highest BCUT2D eigenvalue weighted by Crippen LogP contribution is 2.24. The number of nitrogens with zero attached hydrogens (tertiary/aromatic N) is 5. The van der Waals surface area contributed by atoms with Gasteiger partial charge in [0.2, 0.25) is 11.9 Å². The van der Waals surface area contributed by atoms with E-state index in [1.165, 1.54) is 12.3 Å². The van der Waals surface area contributed by atoms with Crippen LogP contribution in [0.5, 0.6) is 0 Å². The molecule has 4 N–H and O–H groups in total. The van der Waals surface area contributed by atoms with Crippen LogP contribution in [0.1, 0.15) is 42.1 Å². The molecule has 0 aliphatic carbocycles. The van der Waals surface area contributed by atoms with Gasteiger partial charge in [-0.05, 0) is 37.7 Å². The zero-order valence-corrected chi connectivity index (χ0v) is 18.6. The van der Waals surface area contributed by atoms with E-state index in [4.69, 9.17) is 10.5 Å². The highest BCUT2D eigenvalue weighted by Gasteiger charge is 2.24. The Morgan fingerprint density at radius 3 is 2.85 bits per heavy atom. The minimum Gasteiger partial charge on any atom is -0.381 e. The number of amides is 2. The van der Waals surface area contributed by atoms with E-state index in [0.717, 1.165) is 45.4 Å². The molecule has 4 heterocycles. The third-order valence-corrected chi connectivity index (χ3v) is 6.07. The molecule has 2 aromatic rings. The summed E-state index contributed by atoms with van der Waals surface area (Å²) in [6.45, 7) is 7.07. The lowest BCUT2D eigenvalue weighted by molar-refractivity contribution is -0.127. The Morgan fingerprint density at radius 1 is 1.27 bits per heavy atom. The first-order valence-corrected chi connectivity index (χ1v) is 11.2. The lowest BCUT2D eigenvalue weighted by Gasteiger charge is -2.32. The van der Waals surface area contributed by atoms with Crippen molar-refractivity contribution >= 4 is 29.3 Å². The van der Waals surface area contributed by atoms with Crippen LogP contribution in [0.15, 0.2) is 31.2 Å². The molecular weight excluding hydrogens is 424 g/mol. The highest BCUT2D eigenvalue weighted by molar-refractivity contribution is 5.97. The van der Waals surface area contributed by atoms with Crippen molar-refractivity contribution in [1.29, 1.82) is 0 Å². The fourth-order valence-electron chi connectivity index (χ4n) is 4.18. The molecule has 33 heavy (non-hydrogen) atoms. The lowest BCUT2D eigenvalue weighted by Crippen LogP contribution is -2.39. The number of anilines is 3. The molecular formula is C22H30N8O3. The van der Waals surface area contributed by atoms with Gasteiger partial charge in [-0.3, -0.25) is 14.3 Å². The molecule has 2 fully saturated rings. The van der Waals surface area contributed by atoms with Gasteiger partial charge in [0.25, 0.3) is 5.91 Å².